The van der Waals surface area contributed by atoms with Crippen molar-refractivity contribution >= 4 is 12.0 Å². The summed E-state index contributed by atoms with van der Waals surface area (Å²) in [5.74, 6) is 1.02. The van der Waals surface area contributed by atoms with Gasteiger partial charge in [0, 0.05) is 50.5 Å². The Balaban J connectivity index is 1.11. The predicted molar refractivity (Wildman–Crippen MR) is 140 cm³/mol. The maximum atomic E-state index is 14.3. The molecule has 2 fully saturated rings. The maximum absolute atomic E-state index is 14.3. The fourth-order valence-corrected chi connectivity index (χ4v) is 5.02. The van der Waals surface area contributed by atoms with Crippen LogP contribution in [-0.2, 0) is 16.1 Å². The van der Waals surface area contributed by atoms with Crippen molar-refractivity contribution in [1.29, 1.82) is 0 Å². The molecule has 0 unspecified atom stereocenters. The van der Waals surface area contributed by atoms with E-state index in [1.807, 2.05) is 24.8 Å². The molecule has 1 aromatic carbocycles. The minimum atomic E-state index is -0.283. The Kier molecular flexibility index (Phi) is 8.32. The third kappa shape index (κ3) is 6.51. The number of anilines is 1. The molecule has 4 heterocycles. The monoisotopic (exact) mass is 539 g/mol. The number of halogens is 1. The summed E-state index contributed by atoms with van der Waals surface area (Å²) in [5.41, 5.74) is 7.68. The summed E-state index contributed by atoms with van der Waals surface area (Å²) in [5, 5.41) is 4.01. The van der Waals surface area contributed by atoms with Gasteiger partial charge in [0.25, 0.3) is 5.89 Å². The largest absolute Gasteiger partial charge is 0.447 e. The Morgan fingerprint density at radius 3 is 2.59 bits per heavy atom. The van der Waals surface area contributed by atoms with E-state index in [0.29, 0.717) is 74.2 Å². The first-order valence-electron chi connectivity index (χ1n) is 13.3. The molecule has 0 aliphatic carbocycles. The highest BCUT2D eigenvalue weighted by Crippen LogP contribution is 2.30. The molecule has 3 aromatic rings. The van der Waals surface area contributed by atoms with Gasteiger partial charge in [0.2, 0.25) is 5.95 Å². The summed E-state index contributed by atoms with van der Waals surface area (Å²) < 4.78 is 30.8. The topological polar surface area (TPSA) is 133 Å². The number of hydrogen-bond donors (Lipinski definition) is 1. The normalized spacial score (nSPS) is 20.4. The van der Waals surface area contributed by atoms with Gasteiger partial charge >= 0.3 is 6.09 Å². The molecular weight excluding hydrogens is 505 g/mol. The Hall–Kier alpha value is -3.64. The van der Waals surface area contributed by atoms with Crippen molar-refractivity contribution in [2.45, 2.75) is 63.9 Å². The molecule has 2 aliphatic rings. The van der Waals surface area contributed by atoms with E-state index in [2.05, 4.69) is 20.1 Å². The van der Waals surface area contributed by atoms with Crippen LogP contribution in [0.1, 0.15) is 50.4 Å². The Morgan fingerprint density at radius 1 is 1.15 bits per heavy atom. The molecule has 0 radical (unpaired) electrons. The summed E-state index contributed by atoms with van der Waals surface area (Å²) >= 11 is 0. The van der Waals surface area contributed by atoms with Gasteiger partial charge in [-0.3, -0.25) is 0 Å². The van der Waals surface area contributed by atoms with E-state index in [-0.39, 0.29) is 42.7 Å². The molecule has 2 aliphatic heterocycles. The van der Waals surface area contributed by atoms with E-state index in [9.17, 15) is 9.18 Å². The summed E-state index contributed by atoms with van der Waals surface area (Å²) in [7, 11) is 0. The van der Waals surface area contributed by atoms with Gasteiger partial charge in [-0.05, 0) is 44.7 Å². The van der Waals surface area contributed by atoms with Crippen molar-refractivity contribution in [1.82, 2.24) is 25.0 Å². The van der Waals surface area contributed by atoms with Crippen molar-refractivity contribution in [3.63, 3.8) is 0 Å². The molecule has 2 aromatic heterocycles. The van der Waals surface area contributed by atoms with Crippen LogP contribution in [0, 0.1) is 5.82 Å². The first-order valence-corrected chi connectivity index (χ1v) is 13.3. The number of carbonyl (C=O) groups excluding carboxylic acids is 1. The van der Waals surface area contributed by atoms with Gasteiger partial charge in [-0.15, -0.1) is 0 Å². The molecule has 5 rings (SSSR count). The second kappa shape index (κ2) is 12.0. The lowest BCUT2D eigenvalue weighted by atomic mass is 9.85. The molecule has 0 saturated carbocycles. The fourth-order valence-electron chi connectivity index (χ4n) is 5.02. The van der Waals surface area contributed by atoms with Gasteiger partial charge in [-0.25, -0.2) is 19.2 Å². The standard InChI is InChI=1S/C27H34FN7O4/c1-17(2)38-27(36)34-10-7-19(8-11-34)37-16-24-32-25(39-33-24)18-13-30-26(31-14-18)35-12-9-21(23(29)15-35)20-5-3-4-6-22(20)28/h3-6,13-14,17,19,21,23H,7-12,15-16,29H2,1-2H3/t21-,23-/m0/s1. The fraction of sp³-hybridized carbons (Fsp3) is 0.519. The zero-order valence-electron chi connectivity index (χ0n) is 22.2. The average molecular weight is 540 g/mol. The first-order chi connectivity index (χ1) is 18.9. The lowest BCUT2D eigenvalue weighted by Crippen LogP contribution is -2.48. The van der Waals surface area contributed by atoms with Crippen molar-refractivity contribution in [3.8, 4) is 11.5 Å². The molecule has 2 saturated heterocycles. The van der Waals surface area contributed by atoms with Crippen molar-refractivity contribution < 1.29 is 23.2 Å². The molecule has 2 N–H and O–H groups in total. The van der Waals surface area contributed by atoms with Crippen molar-refractivity contribution in [2.24, 2.45) is 5.73 Å². The Morgan fingerprint density at radius 2 is 1.90 bits per heavy atom. The minimum absolute atomic E-state index is 0.00608. The molecular formula is C27H34FN7O4. The number of nitrogens with two attached hydrogens (primary N) is 1. The van der Waals surface area contributed by atoms with E-state index in [4.69, 9.17) is 19.7 Å². The van der Waals surface area contributed by atoms with Gasteiger partial charge in [0.1, 0.15) is 12.4 Å². The summed E-state index contributed by atoms with van der Waals surface area (Å²) in [6.45, 7) is 6.25. The lowest BCUT2D eigenvalue weighted by Gasteiger charge is -2.37. The maximum Gasteiger partial charge on any atom is 0.410 e. The van der Waals surface area contributed by atoms with E-state index < -0.39 is 0 Å². The Bertz CT molecular complexity index is 1250. The van der Waals surface area contributed by atoms with Crippen LogP contribution in [0.25, 0.3) is 11.5 Å². The average Bonchev–Trinajstić information content (AvgIpc) is 3.41. The highest BCUT2D eigenvalue weighted by atomic mass is 19.1. The third-order valence-electron chi connectivity index (χ3n) is 7.08. The number of nitrogens with zero attached hydrogens (tertiary/aromatic N) is 6. The first kappa shape index (κ1) is 26.9. The number of rotatable bonds is 7. The molecule has 2 atom stereocenters. The lowest BCUT2D eigenvalue weighted by molar-refractivity contribution is -0.00899. The number of carbonyl (C=O) groups is 1. The van der Waals surface area contributed by atoms with E-state index in [1.165, 1.54) is 6.07 Å². The molecule has 0 spiro atoms. The SMILES string of the molecule is CC(C)OC(=O)N1CCC(OCc2noc(-c3cnc(N4CC[C@@H](c5ccccc5F)[C@@H](N)C4)nc3)n2)CC1. The quantitative estimate of drug-likeness (QED) is 0.475. The van der Waals surface area contributed by atoms with Crippen LogP contribution >= 0.6 is 0 Å². The smallest absolute Gasteiger partial charge is 0.410 e. The Labute approximate surface area is 226 Å². The van der Waals surface area contributed by atoms with Crippen molar-refractivity contribution in [2.75, 3.05) is 31.1 Å². The predicted octanol–water partition coefficient (Wildman–Crippen LogP) is 3.51. The third-order valence-corrected chi connectivity index (χ3v) is 7.08. The number of piperidine rings is 2. The number of hydrogen-bond acceptors (Lipinski definition) is 10. The highest BCUT2D eigenvalue weighted by molar-refractivity contribution is 5.67. The van der Waals surface area contributed by atoms with Crippen LogP contribution in [0.3, 0.4) is 0 Å². The van der Waals surface area contributed by atoms with Crippen LogP contribution in [-0.4, -0.2) is 75.5 Å². The molecule has 1 amide bonds. The highest BCUT2D eigenvalue weighted by Gasteiger charge is 2.30. The van der Waals surface area contributed by atoms with Crippen molar-refractivity contribution in [3.05, 3.63) is 53.9 Å². The van der Waals surface area contributed by atoms with E-state index in [0.717, 1.165) is 0 Å². The number of likely N-dealkylation sites (tertiary alicyclic amines) is 1. The van der Waals surface area contributed by atoms with Crippen LogP contribution in [0.4, 0.5) is 15.1 Å². The summed E-state index contributed by atoms with van der Waals surface area (Å²) in [6, 6.07) is 6.57. The number of ether oxygens (including phenoxy) is 2. The zero-order valence-corrected chi connectivity index (χ0v) is 22.2. The van der Waals surface area contributed by atoms with Gasteiger partial charge in [-0.1, -0.05) is 23.4 Å². The van der Waals surface area contributed by atoms with E-state index in [1.54, 1.807) is 29.4 Å². The van der Waals surface area contributed by atoms with E-state index >= 15 is 0 Å². The number of benzene rings is 1. The minimum Gasteiger partial charge on any atom is -0.447 e. The van der Waals surface area contributed by atoms with Crippen LogP contribution < -0.4 is 10.6 Å². The van der Waals surface area contributed by atoms with Crippen LogP contribution in [0.5, 0.6) is 0 Å². The number of amides is 1. The summed E-state index contributed by atoms with van der Waals surface area (Å²) in [4.78, 5) is 29.1. The van der Waals surface area contributed by atoms with Crippen LogP contribution in [0.2, 0.25) is 0 Å². The van der Waals surface area contributed by atoms with Gasteiger partial charge in [-0.2, -0.15) is 4.98 Å². The molecule has 208 valence electrons. The van der Waals surface area contributed by atoms with Gasteiger partial charge < -0.3 is 29.5 Å². The zero-order chi connectivity index (χ0) is 27.4. The molecule has 39 heavy (non-hydrogen) atoms. The van der Waals surface area contributed by atoms with Gasteiger partial charge in [0.05, 0.1) is 17.8 Å². The molecule has 0 bridgehead atoms. The molecule has 12 heteroatoms. The second-order valence-corrected chi connectivity index (χ2v) is 10.2. The van der Waals surface area contributed by atoms with Crippen LogP contribution in [0.15, 0.2) is 41.2 Å². The second-order valence-electron chi connectivity index (χ2n) is 10.2. The molecule has 11 nitrogen and oxygen atoms in total. The number of aromatic nitrogens is 4. The summed E-state index contributed by atoms with van der Waals surface area (Å²) in [6.07, 6.45) is 5.01. The van der Waals surface area contributed by atoms with Gasteiger partial charge in [0.15, 0.2) is 5.82 Å².